The predicted molar refractivity (Wildman–Crippen MR) is 72.4 cm³/mol. The number of nitrogens with one attached hydrogen (secondary N) is 1. The number of methoxy groups -OCH3 is 1. The Bertz CT molecular complexity index is 433. The molecule has 98 valence electrons. The van der Waals surface area contributed by atoms with Crippen LogP contribution in [0.2, 0.25) is 0 Å². The number of benzene rings is 1. The molecule has 1 aromatic carbocycles. The largest absolute Gasteiger partial charge is 0.467 e. The van der Waals surface area contributed by atoms with Crippen LogP contribution in [0.4, 0.5) is 0 Å². The molecule has 0 aromatic heterocycles. The fourth-order valence-electron chi connectivity index (χ4n) is 1.41. The van der Waals surface area contributed by atoms with Gasteiger partial charge in [0.15, 0.2) is 4.45 Å². The minimum atomic E-state index is -1.21. The van der Waals surface area contributed by atoms with Crippen LogP contribution in [0, 0.1) is 5.92 Å². The van der Waals surface area contributed by atoms with Gasteiger partial charge in [0.2, 0.25) is 0 Å². The molecule has 18 heavy (non-hydrogen) atoms. The van der Waals surface area contributed by atoms with Crippen molar-refractivity contribution < 1.29 is 14.3 Å². The highest BCUT2D eigenvalue weighted by atomic mass is 79.9. The quantitative estimate of drug-likeness (QED) is 0.527. The van der Waals surface area contributed by atoms with Gasteiger partial charge in [-0.2, -0.15) is 0 Å². The van der Waals surface area contributed by atoms with Crippen LogP contribution >= 0.6 is 15.9 Å². The molecule has 1 amide bonds. The standard InChI is InChI=1S/C13H16BrNO3/c1-9(2)13(14,12(17)18-3)15-11(16)10-7-5-4-6-8-10/h4-9H,1-3H3,(H,15,16)/t13-/m0/s1. The molecule has 0 aliphatic carbocycles. The number of hydrogen-bond donors (Lipinski definition) is 1. The molecule has 0 saturated heterocycles. The van der Waals surface area contributed by atoms with Gasteiger partial charge >= 0.3 is 5.97 Å². The van der Waals surface area contributed by atoms with Gasteiger partial charge in [0, 0.05) is 5.56 Å². The number of halogens is 1. The number of carbonyl (C=O) groups is 2. The number of esters is 1. The van der Waals surface area contributed by atoms with Gasteiger partial charge in [0.1, 0.15) is 0 Å². The van der Waals surface area contributed by atoms with E-state index in [1.165, 1.54) is 7.11 Å². The lowest BCUT2D eigenvalue weighted by Crippen LogP contribution is -2.53. The summed E-state index contributed by atoms with van der Waals surface area (Å²) < 4.78 is 3.50. The summed E-state index contributed by atoms with van der Waals surface area (Å²) in [7, 11) is 1.29. The lowest BCUT2D eigenvalue weighted by molar-refractivity contribution is -0.145. The highest BCUT2D eigenvalue weighted by Crippen LogP contribution is 2.26. The number of carbonyl (C=O) groups excluding carboxylic acids is 2. The van der Waals surface area contributed by atoms with E-state index in [0.717, 1.165) is 0 Å². The summed E-state index contributed by atoms with van der Waals surface area (Å²) in [5.74, 6) is -1.01. The SMILES string of the molecule is COC(=O)[C@@](Br)(NC(=O)c1ccccc1)C(C)C. The van der Waals surface area contributed by atoms with E-state index >= 15 is 0 Å². The van der Waals surface area contributed by atoms with Crippen molar-refractivity contribution in [2.45, 2.75) is 18.3 Å². The molecule has 1 aromatic rings. The van der Waals surface area contributed by atoms with E-state index in [4.69, 9.17) is 4.74 Å². The third-order valence-corrected chi connectivity index (χ3v) is 4.05. The Labute approximate surface area is 115 Å². The van der Waals surface area contributed by atoms with Crippen molar-refractivity contribution in [3.63, 3.8) is 0 Å². The molecule has 0 fully saturated rings. The highest BCUT2D eigenvalue weighted by molar-refractivity contribution is 9.10. The summed E-state index contributed by atoms with van der Waals surface area (Å²) in [4.78, 5) is 23.8. The third kappa shape index (κ3) is 3.10. The second-order valence-electron chi connectivity index (χ2n) is 4.18. The van der Waals surface area contributed by atoms with Crippen LogP contribution in [-0.2, 0) is 9.53 Å². The van der Waals surface area contributed by atoms with Crippen LogP contribution in [-0.4, -0.2) is 23.4 Å². The average Bonchev–Trinajstić information content (AvgIpc) is 2.38. The molecule has 5 heteroatoms. The first kappa shape index (κ1) is 14.7. The van der Waals surface area contributed by atoms with Crippen LogP contribution in [0.15, 0.2) is 30.3 Å². The fraction of sp³-hybridized carbons (Fsp3) is 0.385. The molecular weight excluding hydrogens is 298 g/mol. The van der Waals surface area contributed by atoms with Crippen molar-refractivity contribution in [1.82, 2.24) is 5.32 Å². The summed E-state index contributed by atoms with van der Waals surface area (Å²) in [5, 5.41) is 2.66. The van der Waals surface area contributed by atoms with Gasteiger partial charge in [-0.15, -0.1) is 0 Å². The predicted octanol–water partition coefficient (Wildman–Crippen LogP) is 2.34. The Morgan fingerprint density at radius 1 is 1.28 bits per heavy atom. The van der Waals surface area contributed by atoms with E-state index in [2.05, 4.69) is 21.2 Å². The van der Waals surface area contributed by atoms with Crippen LogP contribution in [0.5, 0.6) is 0 Å². The Morgan fingerprint density at radius 2 is 1.83 bits per heavy atom. The molecule has 1 atom stereocenters. The van der Waals surface area contributed by atoms with E-state index in [1.807, 2.05) is 19.9 Å². The molecule has 0 heterocycles. The molecule has 0 aliphatic rings. The van der Waals surface area contributed by atoms with Gasteiger partial charge in [-0.25, -0.2) is 4.79 Å². The third-order valence-electron chi connectivity index (χ3n) is 2.61. The molecule has 1 rings (SSSR count). The van der Waals surface area contributed by atoms with Crippen LogP contribution < -0.4 is 5.32 Å². The monoisotopic (exact) mass is 313 g/mol. The van der Waals surface area contributed by atoms with E-state index in [-0.39, 0.29) is 11.8 Å². The summed E-state index contributed by atoms with van der Waals surface area (Å²) in [6.45, 7) is 3.63. The van der Waals surface area contributed by atoms with Crippen molar-refractivity contribution in [2.24, 2.45) is 5.92 Å². The number of amides is 1. The van der Waals surface area contributed by atoms with Gasteiger partial charge in [0.05, 0.1) is 7.11 Å². The minimum Gasteiger partial charge on any atom is -0.467 e. The van der Waals surface area contributed by atoms with Crippen molar-refractivity contribution in [3.8, 4) is 0 Å². The van der Waals surface area contributed by atoms with Gasteiger partial charge < -0.3 is 10.1 Å². The molecule has 1 N–H and O–H groups in total. The van der Waals surface area contributed by atoms with E-state index in [0.29, 0.717) is 5.56 Å². The van der Waals surface area contributed by atoms with Gasteiger partial charge in [-0.05, 0) is 34.0 Å². The second kappa shape index (κ2) is 6.00. The van der Waals surface area contributed by atoms with E-state index < -0.39 is 10.4 Å². The number of ether oxygens (including phenoxy) is 1. The van der Waals surface area contributed by atoms with E-state index in [9.17, 15) is 9.59 Å². The number of rotatable bonds is 4. The molecule has 4 nitrogen and oxygen atoms in total. The maximum Gasteiger partial charge on any atom is 0.343 e. The fourth-order valence-corrected chi connectivity index (χ4v) is 1.75. The average molecular weight is 314 g/mol. The van der Waals surface area contributed by atoms with E-state index in [1.54, 1.807) is 24.3 Å². The first-order chi connectivity index (χ1) is 8.41. The zero-order valence-corrected chi connectivity index (χ0v) is 12.2. The molecule has 0 unspecified atom stereocenters. The van der Waals surface area contributed by atoms with Crippen molar-refractivity contribution >= 4 is 27.8 Å². The molecule has 0 saturated carbocycles. The zero-order valence-electron chi connectivity index (χ0n) is 10.6. The molecule has 0 bridgehead atoms. The molecule has 0 aliphatic heterocycles. The first-order valence-electron chi connectivity index (χ1n) is 5.56. The summed E-state index contributed by atoms with van der Waals surface area (Å²) in [5.41, 5.74) is 0.492. The number of hydrogen-bond acceptors (Lipinski definition) is 3. The van der Waals surface area contributed by atoms with Gasteiger partial charge in [-0.1, -0.05) is 32.0 Å². The summed E-state index contributed by atoms with van der Waals surface area (Å²) in [6.07, 6.45) is 0. The van der Waals surface area contributed by atoms with Gasteiger partial charge in [0.25, 0.3) is 5.91 Å². The maximum absolute atomic E-state index is 12.0. The Kier molecular flexibility index (Phi) is 4.90. The highest BCUT2D eigenvalue weighted by Gasteiger charge is 2.41. The lowest BCUT2D eigenvalue weighted by Gasteiger charge is -2.29. The molecule has 0 spiro atoms. The Balaban J connectivity index is 2.92. The van der Waals surface area contributed by atoms with Crippen molar-refractivity contribution in [3.05, 3.63) is 35.9 Å². The zero-order chi connectivity index (χ0) is 13.8. The van der Waals surface area contributed by atoms with Gasteiger partial charge in [-0.3, -0.25) is 4.79 Å². The number of alkyl halides is 1. The van der Waals surface area contributed by atoms with Crippen LogP contribution in [0.25, 0.3) is 0 Å². The molecule has 0 radical (unpaired) electrons. The van der Waals surface area contributed by atoms with Crippen LogP contribution in [0.1, 0.15) is 24.2 Å². The van der Waals surface area contributed by atoms with Crippen LogP contribution in [0.3, 0.4) is 0 Å². The maximum atomic E-state index is 12.0. The topological polar surface area (TPSA) is 55.4 Å². The smallest absolute Gasteiger partial charge is 0.343 e. The Morgan fingerprint density at radius 3 is 2.28 bits per heavy atom. The summed E-state index contributed by atoms with van der Waals surface area (Å²) in [6, 6.07) is 8.71. The lowest BCUT2D eigenvalue weighted by atomic mass is 10.0. The van der Waals surface area contributed by atoms with Crippen molar-refractivity contribution in [1.29, 1.82) is 0 Å². The second-order valence-corrected chi connectivity index (χ2v) is 5.43. The summed E-state index contributed by atoms with van der Waals surface area (Å²) >= 11 is 3.27. The normalized spacial score (nSPS) is 13.8. The Hall–Kier alpha value is -1.36. The van der Waals surface area contributed by atoms with Crippen molar-refractivity contribution in [2.75, 3.05) is 7.11 Å². The molecular formula is C13H16BrNO3. The minimum absolute atomic E-state index is 0.155. The first-order valence-corrected chi connectivity index (χ1v) is 6.36.